The third kappa shape index (κ3) is 2.03. The largest absolute Gasteiger partial charge is 0.439 e. The number of hydrogen-bond acceptors (Lipinski definition) is 3. The van der Waals surface area contributed by atoms with E-state index in [0.29, 0.717) is 16.7 Å². The summed E-state index contributed by atoms with van der Waals surface area (Å²) in [5.74, 6) is 1.16. The Labute approximate surface area is 92.9 Å². The van der Waals surface area contributed by atoms with Gasteiger partial charge in [-0.2, -0.15) is 0 Å². The molecule has 0 aliphatic rings. The molecule has 15 heavy (non-hydrogen) atoms. The predicted molar refractivity (Wildman–Crippen MR) is 59.6 cm³/mol. The monoisotopic (exact) mass is 222 g/mol. The Kier molecular flexibility index (Phi) is 2.75. The number of oxazole rings is 1. The van der Waals surface area contributed by atoms with Crippen molar-refractivity contribution in [1.29, 1.82) is 0 Å². The number of nitrogens with zero attached hydrogens (tertiary/aromatic N) is 1. The Hall–Kier alpha value is -1.32. The summed E-state index contributed by atoms with van der Waals surface area (Å²) in [4.78, 5) is 4.08. The summed E-state index contributed by atoms with van der Waals surface area (Å²) in [6.45, 7) is 1.82. The second-order valence-corrected chi connectivity index (χ2v) is 3.74. The van der Waals surface area contributed by atoms with Crippen molar-refractivity contribution in [2.45, 2.75) is 13.0 Å². The highest BCUT2D eigenvalue weighted by atomic mass is 35.5. The smallest absolute Gasteiger partial charge is 0.211 e. The maximum atomic E-state index is 6.03. The Morgan fingerprint density at radius 2 is 2.13 bits per heavy atom. The molecule has 1 aromatic carbocycles. The first-order valence-electron chi connectivity index (χ1n) is 4.64. The van der Waals surface area contributed by atoms with Gasteiger partial charge in [0, 0.05) is 5.56 Å². The van der Waals surface area contributed by atoms with Crippen LogP contribution >= 0.6 is 11.6 Å². The summed E-state index contributed by atoms with van der Waals surface area (Å²) in [5, 5.41) is 0.643. The fourth-order valence-corrected chi connectivity index (χ4v) is 1.51. The Balaban J connectivity index is 2.42. The van der Waals surface area contributed by atoms with Gasteiger partial charge in [0.05, 0.1) is 17.3 Å². The molecule has 0 radical (unpaired) electrons. The Bertz CT molecular complexity index is 465. The van der Waals surface area contributed by atoms with E-state index in [1.54, 1.807) is 6.20 Å². The molecule has 1 unspecified atom stereocenters. The van der Waals surface area contributed by atoms with E-state index in [1.165, 1.54) is 0 Å². The first-order valence-corrected chi connectivity index (χ1v) is 5.02. The first kappa shape index (κ1) is 10.2. The quantitative estimate of drug-likeness (QED) is 0.850. The Morgan fingerprint density at radius 1 is 1.40 bits per heavy atom. The van der Waals surface area contributed by atoms with Crippen molar-refractivity contribution >= 4 is 11.6 Å². The van der Waals surface area contributed by atoms with Crippen molar-refractivity contribution in [1.82, 2.24) is 4.98 Å². The lowest BCUT2D eigenvalue weighted by molar-refractivity contribution is 0.474. The van der Waals surface area contributed by atoms with Crippen LogP contribution in [0, 0.1) is 0 Å². The minimum Gasteiger partial charge on any atom is -0.439 e. The van der Waals surface area contributed by atoms with Crippen LogP contribution in [0.15, 0.2) is 34.9 Å². The molecule has 78 valence electrons. The molecule has 0 fully saturated rings. The van der Waals surface area contributed by atoms with Gasteiger partial charge in [-0.05, 0) is 19.1 Å². The number of hydrogen-bond donors (Lipinski definition) is 1. The van der Waals surface area contributed by atoms with Gasteiger partial charge in [-0.1, -0.05) is 23.7 Å². The molecule has 3 nitrogen and oxygen atoms in total. The third-order valence-corrected chi connectivity index (χ3v) is 2.38. The molecule has 0 saturated heterocycles. The van der Waals surface area contributed by atoms with E-state index in [0.717, 1.165) is 5.56 Å². The van der Waals surface area contributed by atoms with Crippen LogP contribution in [0.4, 0.5) is 0 Å². The SMILES string of the molecule is CC(N)c1ncc(-c2ccccc2Cl)o1. The van der Waals surface area contributed by atoms with Crippen molar-refractivity contribution in [3.8, 4) is 11.3 Å². The molecule has 0 saturated carbocycles. The summed E-state index contributed by atoms with van der Waals surface area (Å²) in [6.07, 6.45) is 1.64. The summed E-state index contributed by atoms with van der Waals surface area (Å²) < 4.78 is 5.49. The van der Waals surface area contributed by atoms with E-state index in [1.807, 2.05) is 31.2 Å². The van der Waals surface area contributed by atoms with Gasteiger partial charge in [0.25, 0.3) is 0 Å². The fraction of sp³-hybridized carbons (Fsp3) is 0.182. The van der Waals surface area contributed by atoms with E-state index in [4.69, 9.17) is 21.8 Å². The summed E-state index contributed by atoms with van der Waals surface area (Å²) >= 11 is 6.03. The summed E-state index contributed by atoms with van der Waals surface area (Å²) in [5.41, 5.74) is 6.49. The van der Waals surface area contributed by atoms with Crippen LogP contribution in [0.2, 0.25) is 5.02 Å². The maximum absolute atomic E-state index is 6.03. The van der Waals surface area contributed by atoms with Crippen molar-refractivity contribution in [2.75, 3.05) is 0 Å². The topological polar surface area (TPSA) is 52.0 Å². The summed E-state index contributed by atoms with van der Waals surface area (Å²) in [7, 11) is 0. The Morgan fingerprint density at radius 3 is 2.73 bits per heavy atom. The molecule has 0 spiro atoms. The molecule has 2 N–H and O–H groups in total. The van der Waals surface area contributed by atoms with Crippen LogP contribution in [-0.2, 0) is 0 Å². The van der Waals surface area contributed by atoms with Crippen LogP contribution in [0.3, 0.4) is 0 Å². The first-order chi connectivity index (χ1) is 7.18. The van der Waals surface area contributed by atoms with Crippen molar-refractivity contribution in [2.24, 2.45) is 5.73 Å². The van der Waals surface area contributed by atoms with E-state index in [2.05, 4.69) is 4.98 Å². The molecule has 0 aliphatic heterocycles. The lowest BCUT2D eigenvalue weighted by Gasteiger charge is -1.99. The molecule has 2 rings (SSSR count). The molecular weight excluding hydrogens is 212 g/mol. The molecule has 1 atom stereocenters. The van der Waals surface area contributed by atoms with Crippen molar-refractivity contribution < 1.29 is 4.42 Å². The second-order valence-electron chi connectivity index (χ2n) is 3.33. The van der Waals surface area contributed by atoms with E-state index in [-0.39, 0.29) is 6.04 Å². The van der Waals surface area contributed by atoms with Gasteiger partial charge in [-0.15, -0.1) is 0 Å². The molecule has 0 aliphatic carbocycles. The van der Waals surface area contributed by atoms with Gasteiger partial charge < -0.3 is 10.2 Å². The highest BCUT2D eigenvalue weighted by Crippen LogP contribution is 2.28. The highest BCUT2D eigenvalue weighted by molar-refractivity contribution is 6.33. The van der Waals surface area contributed by atoms with E-state index >= 15 is 0 Å². The normalized spacial score (nSPS) is 12.7. The number of nitrogens with two attached hydrogens (primary N) is 1. The van der Waals surface area contributed by atoms with Gasteiger partial charge in [0.15, 0.2) is 5.76 Å². The van der Waals surface area contributed by atoms with Gasteiger partial charge in [-0.25, -0.2) is 4.98 Å². The zero-order chi connectivity index (χ0) is 10.8. The molecule has 1 heterocycles. The molecule has 0 amide bonds. The standard InChI is InChI=1S/C11H11ClN2O/c1-7(13)11-14-6-10(15-11)8-4-2-3-5-9(8)12/h2-7H,13H2,1H3. The van der Waals surface area contributed by atoms with Crippen molar-refractivity contribution in [3.05, 3.63) is 41.4 Å². The van der Waals surface area contributed by atoms with Gasteiger partial charge in [0.2, 0.25) is 5.89 Å². The predicted octanol–water partition coefficient (Wildman–Crippen LogP) is 3.01. The minimum atomic E-state index is -0.207. The van der Waals surface area contributed by atoms with Crippen LogP contribution in [0.1, 0.15) is 18.9 Å². The van der Waals surface area contributed by atoms with E-state index < -0.39 is 0 Å². The lowest BCUT2D eigenvalue weighted by atomic mass is 10.2. The third-order valence-electron chi connectivity index (χ3n) is 2.05. The molecule has 2 aromatic rings. The van der Waals surface area contributed by atoms with Crippen LogP contribution in [0.5, 0.6) is 0 Å². The molecule has 4 heteroatoms. The number of benzene rings is 1. The molecule has 0 bridgehead atoms. The van der Waals surface area contributed by atoms with Crippen LogP contribution in [-0.4, -0.2) is 4.98 Å². The zero-order valence-electron chi connectivity index (χ0n) is 8.27. The highest BCUT2D eigenvalue weighted by Gasteiger charge is 2.11. The fourth-order valence-electron chi connectivity index (χ4n) is 1.28. The average molecular weight is 223 g/mol. The van der Waals surface area contributed by atoms with Gasteiger partial charge in [-0.3, -0.25) is 0 Å². The average Bonchev–Trinajstić information content (AvgIpc) is 2.67. The lowest BCUT2D eigenvalue weighted by Crippen LogP contribution is -2.04. The van der Waals surface area contributed by atoms with Crippen LogP contribution in [0.25, 0.3) is 11.3 Å². The van der Waals surface area contributed by atoms with Gasteiger partial charge in [0.1, 0.15) is 0 Å². The molecular formula is C11H11ClN2O. The maximum Gasteiger partial charge on any atom is 0.211 e. The number of aromatic nitrogens is 1. The van der Waals surface area contributed by atoms with Crippen molar-refractivity contribution in [3.63, 3.8) is 0 Å². The number of rotatable bonds is 2. The van der Waals surface area contributed by atoms with Gasteiger partial charge >= 0.3 is 0 Å². The van der Waals surface area contributed by atoms with E-state index in [9.17, 15) is 0 Å². The summed E-state index contributed by atoms with van der Waals surface area (Å²) in [6, 6.07) is 7.25. The minimum absolute atomic E-state index is 0.207. The zero-order valence-corrected chi connectivity index (χ0v) is 9.03. The second kappa shape index (κ2) is 4.04. The molecule has 1 aromatic heterocycles. The van der Waals surface area contributed by atoms with Crippen LogP contribution < -0.4 is 5.73 Å². The number of halogens is 1.